The molecule has 0 aliphatic carbocycles. The fraction of sp³-hybridized carbons (Fsp3) is 0.120. The summed E-state index contributed by atoms with van der Waals surface area (Å²) in [5, 5.41) is 17.4. The number of nitro benzene ring substituents is 1. The largest absolute Gasteiger partial charge is 0.468 e. The number of carbonyl (C=O) groups excluding carboxylic acids is 2. The highest BCUT2D eigenvalue weighted by molar-refractivity contribution is 6.37. The minimum absolute atomic E-state index is 0. The molecule has 1 atom stereocenters. The molecule has 35 heavy (non-hydrogen) atoms. The highest BCUT2D eigenvalue weighted by Gasteiger charge is 2.30. The van der Waals surface area contributed by atoms with Gasteiger partial charge in [0, 0.05) is 29.1 Å². The summed E-state index contributed by atoms with van der Waals surface area (Å²) >= 11 is 0. The molecule has 180 valence electrons. The number of nitrogens with one attached hydrogen (secondary N) is 2. The molecular formula is C25H23ClN4O5. The number of carbonyl (C=O) groups is 2. The first-order valence-electron chi connectivity index (χ1n) is 10.5. The van der Waals surface area contributed by atoms with Crippen molar-refractivity contribution in [3.8, 4) is 0 Å². The van der Waals surface area contributed by atoms with Gasteiger partial charge in [0.1, 0.15) is 6.04 Å². The number of halogens is 1. The van der Waals surface area contributed by atoms with Crippen molar-refractivity contribution in [1.82, 2.24) is 0 Å². The predicted octanol–water partition coefficient (Wildman–Crippen LogP) is 3.99. The summed E-state index contributed by atoms with van der Waals surface area (Å²) in [6.07, 6.45) is 0.318. The van der Waals surface area contributed by atoms with Crippen molar-refractivity contribution in [2.75, 3.05) is 17.7 Å². The van der Waals surface area contributed by atoms with Crippen LogP contribution in [0.5, 0.6) is 0 Å². The lowest BCUT2D eigenvalue weighted by atomic mass is 9.99. The summed E-state index contributed by atoms with van der Waals surface area (Å²) in [5.41, 5.74) is 9.78. The van der Waals surface area contributed by atoms with E-state index in [0.29, 0.717) is 34.6 Å². The monoisotopic (exact) mass is 494 g/mol. The van der Waals surface area contributed by atoms with Crippen molar-refractivity contribution in [2.45, 2.75) is 12.5 Å². The van der Waals surface area contributed by atoms with Crippen molar-refractivity contribution >= 4 is 52.6 Å². The number of hydrogen-bond acceptors (Lipinski definition) is 7. The van der Waals surface area contributed by atoms with Gasteiger partial charge in [-0.15, -0.1) is 12.4 Å². The molecule has 4 rings (SSSR count). The van der Waals surface area contributed by atoms with E-state index in [4.69, 9.17) is 5.73 Å². The fourth-order valence-corrected chi connectivity index (χ4v) is 3.76. The second-order valence-electron chi connectivity index (χ2n) is 7.71. The Balaban J connectivity index is 0.00000342. The number of nitrogens with two attached hydrogens (primary N) is 1. The van der Waals surface area contributed by atoms with Crippen LogP contribution in [0.1, 0.15) is 16.7 Å². The number of fused-ring (bicyclic) bond motifs is 1. The Bertz CT molecular complexity index is 1290. The molecular weight excluding hydrogens is 472 g/mol. The van der Waals surface area contributed by atoms with Gasteiger partial charge in [-0.3, -0.25) is 19.7 Å². The van der Waals surface area contributed by atoms with Gasteiger partial charge in [-0.25, -0.2) is 0 Å². The number of nitrogens with zero attached hydrogens (tertiary/aromatic N) is 1. The zero-order valence-electron chi connectivity index (χ0n) is 18.7. The maximum Gasteiger partial charge on any atom is 0.322 e. The molecule has 3 aromatic carbocycles. The molecule has 1 amide bonds. The van der Waals surface area contributed by atoms with Gasteiger partial charge in [-0.2, -0.15) is 0 Å². The van der Waals surface area contributed by atoms with Gasteiger partial charge in [-0.1, -0.05) is 42.5 Å². The summed E-state index contributed by atoms with van der Waals surface area (Å²) in [6, 6.07) is 20.0. The van der Waals surface area contributed by atoms with Crippen LogP contribution in [0.4, 0.5) is 17.1 Å². The molecule has 0 aromatic heterocycles. The number of ether oxygens (including phenoxy) is 1. The lowest BCUT2D eigenvalue weighted by Gasteiger charge is -2.15. The number of benzene rings is 3. The average molecular weight is 495 g/mol. The Morgan fingerprint density at radius 3 is 2.43 bits per heavy atom. The van der Waals surface area contributed by atoms with Crippen LogP contribution in [0.15, 0.2) is 72.8 Å². The van der Waals surface area contributed by atoms with Crippen LogP contribution in [0, 0.1) is 10.1 Å². The van der Waals surface area contributed by atoms with E-state index in [9.17, 15) is 19.7 Å². The summed E-state index contributed by atoms with van der Waals surface area (Å²) in [4.78, 5) is 35.4. The van der Waals surface area contributed by atoms with Crippen molar-refractivity contribution in [3.63, 3.8) is 0 Å². The fourth-order valence-electron chi connectivity index (χ4n) is 3.76. The molecule has 1 unspecified atom stereocenters. The van der Waals surface area contributed by atoms with E-state index in [2.05, 4.69) is 15.4 Å². The smallest absolute Gasteiger partial charge is 0.322 e. The van der Waals surface area contributed by atoms with Gasteiger partial charge < -0.3 is 21.1 Å². The molecule has 4 N–H and O–H groups in total. The van der Waals surface area contributed by atoms with E-state index in [0.717, 1.165) is 11.1 Å². The first-order chi connectivity index (χ1) is 16.4. The van der Waals surface area contributed by atoms with Crippen LogP contribution in [0.2, 0.25) is 0 Å². The van der Waals surface area contributed by atoms with Crippen LogP contribution >= 0.6 is 12.4 Å². The number of non-ortho nitro benzene ring substituents is 1. The Hall–Kier alpha value is -4.21. The second kappa shape index (κ2) is 10.8. The molecule has 9 nitrogen and oxygen atoms in total. The maximum absolute atomic E-state index is 12.9. The summed E-state index contributed by atoms with van der Waals surface area (Å²) in [6.45, 7) is 0. The third kappa shape index (κ3) is 5.48. The molecule has 3 aromatic rings. The first-order valence-corrected chi connectivity index (χ1v) is 10.5. The molecule has 0 saturated heterocycles. The van der Waals surface area contributed by atoms with E-state index in [1.165, 1.54) is 25.3 Å². The highest BCUT2D eigenvalue weighted by Crippen LogP contribution is 2.39. The van der Waals surface area contributed by atoms with Gasteiger partial charge in [-0.05, 0) is 35.7 Å². The molecule has 1 aliphatic heterocycles. The summed E-state index contributed by atoms with van der Waals surface area (Å²) in [5.74, 6) is -0.846. The average Bonchev–Trinajstić information content (AvgIpc) is 3.18. The summed E-state index contributed by atoms with van der Waals surface area (Å²) < 4.78 is 4.67. The number of esters is 1. The zero-order valence-corrected chi connectivity index (χ0v) is 19.5. The standard InChI is InChI=1S/C25H22N4O5.ClH/c1-34-25(31)20(26)13-15-7-9-17(10-8-15)27-23(16-5-3-2-4-6-16)22-19-14-18(29(32)33)11-12-21(19)28-24(22)30;/h2-12,14,20,27H,13,26H2,1H3,(H,28,30);1H. The van der Waals surface area contributed by atoms with E-state index in [-0.39, 0.29) is 24.0 Å². The normalized spacial score (nSPS) is 14.2. The first kappa shape index (κ1) is 25.4. The summed E-state index contributed by atoms with van der Waals surface area (Å²) in [7, 11) is 1.29. The maximum atomic E-state index is 12.9. The topological polar surface area (TPSA) is 137 Å². The number of hydrogen-bond donors (Lipinski definition) is 3. The van der Waals surface area contributed by atoms with E-state index in [1.807, 2.05) is 54.6 Å². The van der Waals surface area contributed by atoms with Gasteiger partial charge in [0.2, 0.25) is 0 Å². The number of nitro groups is 1. The third-order valence-corrected chi connectivity index (χ3v) is 5.45. The zero-order chi connectivity index (χ0) is 24.2. The van der Waals surface area contributed by atoms with Crippen molar-refractivity contribution in [3.05, 3.63) is 99.6 Å². The molecule has 0 bridgehead atoms. The minimum atomic E-state index is -0.764. The number of methoxy groups -OCH3 is 1. The quantitative estimate of drug-likeness (QED) is 0.195. The van der Waals surface area contributed by atoms with Crippen molar-refractivity contribution < 1.29 is 19.2 Å². The van der Waals surface area contributed by atoms with Gasteiger partial charge in [0.25, 0.3) is 11.6 Å². The van der Waals surface area contributed by atoms with Crippen LogP contribution in [-0.2, 0) is 20.7 Å². The Labute approximate surface area is 207 Å². The van der Waals surface area contributed by atoms with Crippen LogP contribution in [0.25, 0.3) is 11.3 Å². The number of amides is 1. The van der Waals surface area contributed by atoms with Gasteiger partial charge in [0.05, 0.1) is 23.3 Å². The lowest BCUT2D eigenvalue weighted by Crippen LogP contribution is -2.33. The molecule has 0 saturated carbocycles. The molecule has 1 heterocycles. The molecule has 10 heteroatoms. The predicted molar refractivity (Wildman–Crippen MR) is 136 cm³/mol. The molecule has 0 fully saturated rings. The van der Waals surface area contributed by atoms with Gasteiger partial charge >= 0.3 is 5.97 Å². The molecule has 0 radical (unpaired) electrons. The van der Waals surface area contributed by atoms with Gasteiger partial charge in [0.15, 0.2) is 0 Å². The molecule has 1 aliphatic rings. The lowest BCUT2D eigenvalue weighted by molar-refractivity contribution is -0.384. The van der Waals surface area contributed by atoms with E-state index in [1.54, 1.807) is 0 Å². The Kier molecular flexibility index (Phi) is 7.85. The Morgan fingerprint density at radius 1 is 1.11 bits per heavy atom. The van der Waals surface area contributed by atoms with Crippen LogP contribution in [0.3, 0.4) is 0 Å². The Morgan fingerprint density at radius 2 is 1.80 bits per heavy atom. The van der Waals surface area contributed by atoms with E-state index >= 15 is 0 Å². The van der Waals surface area contributed by atoms with Crippen molar-refractivity contribution in [1.29, 1.82) is 0 Å². The highest BCUT2D eigenvalue weighted by atomic mass is 35.5. The van der Waals surface area contributed by atoms with E-state index < -0.39 is 16.9 Å². The van der Waals surface area contributed by atoms with Crippen LogP contribution in [-0.4, -0.2) is 30.0 Å². The number of anilines is 2. The second-order valence-corrected chi connectivity index (χ2v) is 7.71. The van der Waals surface area contributed by atoms with Crippen molar-refractivity contribution in [2.24, 2.45) is 5.73 Å². The third-order valence-electron chi connectivity index (χ3n) is 5.45. The SMILES string of the molecule is COC(=O)C(N)Cc1ccc(NC(=C2C(=O)Nc3ccc([N+](=O)[O-])cc32)c2ccccc2)cc1.Cl. The van der Waals surface area contributed by atoms with Crippen LogP contribution < -0.4 is 16.4 Å². The minimum Gasteiger partial charge on any atom is -0.468 e. The number of rotatable bonds is 7. The molecule has 0 spiro atoms.